The summed E-state index contributed by atoms with van der Waals surface area (Å²) in [4.78, 5) is 25.4. The summed E-state index contributed by atoms with van der Waals surface area (Å²) in [6.45, 7) is 1.98. The van der Waals surface area contributed by atoms with Crippen molar-refractivity contribution in [2.24, 2.45) is 0 Å². The summed E-state index contributed by atoms with van der Waals surface area (Å²) in [5.41, 5.74) is 3.08. The second kappa shape index (κ2) is 9.80. The predicted molar refractivity (Wildman–Crippen MR) is 118 cm³/mol. The van der Waals surface area contributed by atoms with Crippen molar-refractivity contribution >= 4 is 35.0 Å². The van der Waals surface area contributed by atoms with Crippen molar-refractivity contribution in [3.05, 3.63) is 83.9 Å². The van der Waals surface area contributed by atoms with Gasteiger partial charge in [0.05, 0.1) is 18.6 Å². The Morgan fingerprint density at radius 1 is 0.897 bits per heavy atom. The van der Waals surface area contributed by atoms with Gasteiger partial charge in [0, 0.05) is 16.1 Å². The molecule has 0 saturated carbocycles. The van der Waals surface area contributed by atoms with Gasteiger partial charge in [-0.25, -0.2) is 0 Å². The first-order valence-corrected chi connectivity index (χ1v) is 10.1. The summed E-state index contributed by atoms with van der Waals surface area (Å²) in [5.74, 6) is 0.630. The Hall–Kier alpha value is -3.25. The number of para-hydroxylation sites is 2. The Labute approximate surface area is 174 Å². The summed E-state index contributed by atoms with van der Waals surface area (Å²) in [6.07, 6.45) is 0. The standard InChI is InChI=1S/C23H22N2O3S/c1-16-7-9-17(10-8-16)23(27)24-18-11-13-19(14-12-18)29-15-22(26)25-20-5-3-4-6-21(20)28-2/h3-14H,15H2,1-2H3,(H,24,27)(H,25,26). The molecule has 0 aliphatic carbocycles. The van der Waals surface area contributed by atoms with Crippen molar-refractivity contribution in [1.82, 2.24) is 0 Å². The van der Waals surface area contributed by atoms with E-state index >= 15 is 0 Å². The molecule has 2 N–H and O–H groups in total. The van der Waals surface area contributed by atoms with E-state index in [9.17, 15) is 9.59 Å². The zero-order chi connectivity index (χ0) is 20.6. The number of anilines is 2. The van der Waals surface area contributed by atoms with Crippen LogP contribution in [-0.2, 0) is 4.79 Å². The number of thioether (sulfide) groups is 1. The molecule has 29 heavy (non-hydrogen) atoms. The Bertz CT molecular complexity index is 986. The Balaban J connectivity index is 1.52. The van der Waals surface area contributed by atoms with Crippen LogP contribution in [0.5, 0.6) is 5.75 Å². The van der Waals surface area contributed by atoms with Gasteiger partial charge in [0.2, 0.25) is 5.91 Å². The number of benzene rings is 3. The minimum absolute atomic E-state index is 0.115. The van der Waals surface area contributed by atoms with E-state index in [1.54, 1.807) is 31.4 Å². The van der Waals surface area contributed by atoms with E-state index in [1.165, 1.54) is 11.8 Å². The maximum atomic E-state index is 12.3. The minimum Gasteiger partial charge on any atom is -0.495 e. The molecule has 148 valence electrons. The normalized spacial score (nSPS) is 10.3. The van der Waals surface area contributed by atoms with Crippen LogP contribution >= 0.6 is 11.8 Å². The molecule has 6 heteroatoms. The van der Waals surface area contributed by atoms with Crippen molar-refractivity contribution in [1.29, 1.82) is 0 Å². The molecule has 0 aliphatic rings. The lowest BCUT2D eigenvalue weighted by atomic mass is 10.1. The third kappa shape index (κ3) is 5.86. The lowest BCUT2D eigenvalue weighted by Crippen LogP contribution is -2.14. The van der Waals surface area contributed by atoms with Crippen molar-refractivity contribution in [3.8, 4) is 5.75 Å². The van der Waals surface area contributed by atoms with Crippen LogP contribution in [0.3, 0.4) is 0 Å². The van der Waals surface area contributed by atoms with Gasteiger partial charge in [-0.15, -0.1) is 11.8 Å². The van der Waals surface area contributed by atoms with E-state index < -0.39 is 0 Å². The van der Waals surface area contributed by atoms with Gasteiger partial charge < -0.3 is 15.4 Å². The third-order valence-corrected chi connectivity index (χ3v) is 5.19. The van der Waals surface area contributed by atoms with Crippen LogP contribution < -0.4 is 15.4 Å². The number of carbonyl (C=O) groups excluding carboxylic acids is 2. The maximum Gasteiger partial charge on any atom is 0.255 e. The zero-order valence-electron chi connectivity index (χ0n) is 16.3. The van der Waals surface area contributed by atoms with Crippen molar-refractivity contribution in [2.45, 2.75) is 11.8 Å². The highest BCUT2D eigenvalue weighted by atomic mass is 32.2. The second-order valence-electron chi connectivity index (χ2n) is 6.38. The molecule has 3 aromatic rings. The smallest absolute Gasteiger partial charge is 0.255 e. The molecule has 0 spiro atoms. The fourth-order valence-electron chi connectivity index (χ4n) is 2.63. The number of aryl methyl sites for hydroxylation is 1. The molecule has 3 rings (SSSR count). The van der Waals surface area contributed by atoms with E-state index in [-0.39, 0.29) is 17.6 Å². The van der Waals surface area contributed by atoms with Gasteiger partial charge in [-0.2, -0.15) is 0 Å². The van der Waals surface area contributed by atoms with Gasteiger partial charge in [0.1, 0.15) is 5.75 Å². The second-order valence-corrected chi connectivity index (χ2v) is 7.43. The monoisotopic (exact) mass is 406 g/mol. The van der Waals surface area contributed by atoms with Crippen LogP contribution in [0.4, 0.5) is 11.4 Å². The molecule has 0 unspecified atom stereocenters. The Morgan fingerprint density at radius 3 is 2.28 bits per heavy atom. The molecule has 0 radical (unpaired) electrons. The Morgan fingerprint density at radius 2 is 1.59 bits per heavy atom. The van der Waals surface area contributed by atoms with E-state index in [4.69, 9.17) is 4.74 Å². The minimum atomic E-state index is -0.151. The number of carbonyl (C=O) groups is 2. The van der Waals surface area contributed by atoms with Crippen LogP contribution in [0.15, 0.2) is 77.7 Å². The topological polar surface area (TPSA) is 67.4 Å². The van der Waals surface area contributed by atoms with Crippen LogP contribution in [0.25, 0.3) is 0 Å². The first-order valence-electron chi connectivity index (χ1n) is 9.09. The summed E-state index contributed by atoms with van der Waals surface area (Å²) in [5, 5.41) is 5.72. The lowest BCUT2D eigenvalue weighted by Gasteiger charge is -2.10. The predicted octanol–water partition coefficient (Wildman–Crippen LogP) is 4.99. The molecule has 3 aromatic carbocycles. The number of hydrogen-bond acceptors (Lipinski definition) is 4. The van der Waals surface area contributed by atoms with Crippen LogP contribution in [0.1, 0.15) is 15.9 Å². The first-order chi connectivity index (χ1) is 14.0. The zero-order valence-corrected chi connectivity index (χ0v) is 17.1. The van der Waals surface area contributed by atoms with Crippen molar-refractivity contribution in [2.75, 3.05) is 23.5 Å². The molecule has 0 heterocycles. The number of methoxy groups -OCH3 is 1. The molecule has 0 aliphatic heterocycles. The lowest BCUT2D eigenvalue weighted by molar-refractivity contribution is -0.113. The molecule has 0 aromatic heterocycles. The highest BCUT2D eigenvalue weighted by molar-refractivity contribution is 8.00. The van der Waals surface area contributed by atoms with E-state index in [0.29, 0.717) is 22.7 Å². The average Bonchev–Trinajstić information content (AvgIpc) is 2.74. The molecule has 0 atom stereocenters. The van der Waals surface area contributed by atoms with Gasteiger partial charge >= 0.3 is 0 Å². The Kier molecular flexibility index (Phi) is 6.92. The molecular formula is C23H22N2O3S. The summed E-state index contributed by atoms with van der Waals surface area (Å²) in [6, 6.07) is 22.1. The van der Waals surface area contributed by atoms with Gasteiger partial charge in [-0.1, -0.05) is 29.8 Å². The van der Waals surface area contributed by atoms with Crippen molar-refractivity contribution < 1.29 is 14.3 Å². The summed E-state index contributed by atoms with van der Waals surface area (Å²) >= 11 is 1.42. The van der Waals surface area contributed by atoms with E-state index in [1.807, 2.05) is 55.5 Å². The van der Waals surface area contributed by atoms with Crippen LogP contribution in [0, 0.1) is 6.92 Å². The van der Waals surface area contributed by atoms with Crippen LogP contribution in [0.2, 0.25) is 0 Å². The number of ether oxygens (including phenoxy) is 1. The first kappa shape index (κ1) is 20.5. The largest absolute Gasteiger partial charge is 0.495 e. The molecule has 0 fully saturated rings. The number of rotatable bonds is 7. The SMILES string of the molecule is COc1ccccc1NC(=O)CSc1ccc(NC(=O)c2ccc(C)cc2)cc1. The molecule has 0 bridgehead atoms. The quantitative estimate of drug-likeness (QED) is 0.543. The maximum absolute atomic E-state index is 12.3. The summed E-state index contributed by atoms with van der Waals surface area (Å²) < 4.78 is 5.24. The van der Waals surface area contributed by atoms with Gasteiger partial charge in [-0.05, 0) is 55.5 Å². The molecular weight excluding hydrogens is 384 g/mol. The fourth-order valence-corrected chi connectivity index (χ4v) is 3.32. The van der Waals surface area contributed by atoms with Gasteiger partial charge in [0.15, 0.2) is 0 Å². The van der Waals surface area contributed by atoms with Crippen molar-refractivity contribution in [3.63, 3.8) is 0 Å². The summed E-state index contributed by atoms with van der Waals surface area (Å²) in [7, 11) is 1.57. The van der Waals surface area contributed by atoms with Gasteiger partial charge in [0.25, 0.3) is 5.91 Å². The van der Waals surface area contributed by atoms with E-state index in [0.717, 1.165) is 10.5 Å². The van der Waals surface area contributed by atoms with E-state index in [2.05, 4.69) is 10.6 Å². The third-order valence-electron chi connectivity index (χ3n) is 4.18. The van der Waals surface area contributed by atoms with Crippen LogP contribution in [-0.4, -0.2) is 24.7 Å². The number of nitrogens with one attached hydrogen (secondary N) is 2. The molecule has 5 nitrogen and oxygen atoms in total. The fraction of sp³-hybridized carbons (Fsp3) is 0.130. The molecule has 0 saturated heterocycles. The molecule has 2 amide bonds. The number of hydrogen-bond donors (Lipinski definition) is 2. The average molecular weight is 407 g/mol. The van der Waals surface area contributed by atoms with Gasteiger partial charge in [-0.3, -0.25) is 9.59 Å². The number of amides is 2. The highest BCUT2D eigenvalue weighted by Gasteiger charge is 2.09. The highest BCUT2D eigenvalue weighted by Crippen LogP contribution is 2.25.